The van der Waals surface area contributed by atoms with Crippen LogP contribution in [0.3, 0.4) is 0 Å². The molecule has 0 spiro atoms. The van der Waals surface area contributed by atoms with Gasteiger partial charge in [0, 0.05) is 19.0 Å². The van der Waals surface area contributed by atoms with Crippen LogP contribution in [0.5, 0.6) is 0 Å². The van der Waals surface area contributed by atoms with E-state index in [9.17, 15) is 0 Å². The van der Waals surface area contributed by atoms with Crippen LogP contribution in [0.4, 0.5) is 0 Å². The van der Waals surface area contributed by atoms with Gasteiger partial charge in [-0.25, -0.2) is 0 Å². The van der Waals surface area contributed by atoms with Crippen molar-refractivity contribution in [1.29, 1.82) is 0 Å². The fraction of sp³-hybridized carbons (Fsp3) is 0.600. The Kier molecular flexibility index (Phi) is 4.57. The van der Waals surface area contributed by atoms with Crippen LogP contribution in [0.25, 0.3) is 0 Å². The average Bonchev–Trinajstić information content (AvgIpc) is 2.27. The molecule has 94 valence electrons. The highest BCUT2D eigenvalue weighted by atomic mass is 14.9. The molecule has 0 aromatic heterocycles. The number of rotatable bonds is 6. The van der Waals surface area contributed by atoms with Crippen molar-refractivity contribution in [3.05, 3.63) is 34.9 Å². The SMILES string of the molecule is CCc1cc(CCCCN)cc(C2CNC2)c1. The van der Waals surface area contributed by atoms with Crippen molar-refractivity contribution in [2.45, 2.75) is 38.5 Å². The van der Waals surface area contributed by atoms with Crippen LogP contribution in [0.1, 0.15) is 42.4 Å². The Morgan fingerprint density at radius 1 is 1.18 bits per heavy atom. The Bertz CT molecular complexity index is 356. The lowest BCUT2D eigenvalue weighted by Crippen LogP contribution is -2.39. The monoisotopic (exact) mass is 232 g/mol. The van der Waals surface area contributed by atoms with Gasteiger partial charge in [0.2, 0.25) is 0 Å². The lowest BCUT2D eigenvalue weighted by Gasteiger charge is -2.28. The number of hydrogen-bond donors (Lipinski definition) is 2. The van der Waals surface area contributed by atoms with Crippen molar-refractivity contribution in [3.8, 4) is 0 Å². The minimum atomic E-state index is 0.745. The van der Waals surface area contributed by atoms with Gasteiger partial charge in [0.25, 0.3) is 0 Å². The van der Waals surface area contributed by atoms with Crippen molar-refractivity contribution in [2.24, 2.45) is 5.73 Å². The second kappa shape index (κ2) is 6.18. The molecule has 3 N–H and O–H groups in total. The highest BCUT2D eigenvalue weighted by Gasteiger charge is 2.19. The van der Waals surface area contributed by atoms with Crippen LogP contribution in [-0.2, 0) is 12.8 Å². The van der Waals surface area contributed by atoms with Gasteiger partial charge in [-0.05, 0) is 48.9 Å². The first-order chi connectivity index (χ1) is 8.33. The van der Waals surface area contributed by atoms with Crippen LogP contribution in [0.2, 0.25) is 0 Å². The third-order valence-electron chi connectivity index (χ3n) is 3.66. The van der Waals surface area contributed by atoms with Gasteiger partial charge in [-0.2, -0.15) is 0 Å². The number of hydrogen-bond acceptors (Lipinski definition) is 2. The quantitative estimate of drug-likeness (QED) is 0.738. The zero-order valence-electron chi connectivity index (χ0n) is 10.8. The van der Waals surface area contributed by atoms with E-state index in [2.05, 4.69) is 30.4 Å². The van der Waals surface area contributed by atoms with Crippen molar-refractivity contribution in [3.63, 3.8) is 0 Å². The summed E-state index contributed by atoms with van der Waals surface area (Å²) >= 11 is 0. The van der Waals surface area contributed by atoms with Crippen molar-refractivity contribution < 1.29 is 0 Å². The van der Waals surface area contributed by atoms with Crippen LogP contribution in [-0.4, -0.2) is 19.6 Å². The molecular formula is C15H24N2. The third kappa shape index (κ3) is 3.30. The summed E-state index contributed by atoms with van der Waals surface area (Å²) in [5.41, 5.74) is 10.1. The van der Waals surface area contributed by atoms with Crippen LogP contribution in [0, 0.1) is 0 Å². The second-order valence-electron chi connectivity index (χ2n) is 5.04. The summed E-state index contributed by atoms with van der Waals surface area (Å²) in [5, 5.41) is 3.35. The lowest BCUT2D eigenvalue weighted by atomic mass is 9.89. The summed E-state index contributed by atoms with van der Waals surface area (Å²) < 4.78 is 0. The van der Waals surface area contributed by atoms with E-state index < -0.39 is 0 Å². The summed E-state index contributed by atoms with van der Waals surface area (Å²) in [4.78, 5) is 0. The summed E-state index contributed by atoms with van der Waals surface area (Å²) in [6, 6.07) is 7.16. The minimum Gasteiger partial charge on any atom is -0.330 e. The molecule has 1 fully saturated rings. The van der Waals surface area contributed by atoms with E-state index in [0.29, 0.717) is 0 Å². The molecule has 0 atom stereocenters. The summed E-state index contributed by atoms with van der Waals surface area (Å²) in [6.07, 6.45) is 4.67. The highest BCUT2D eigenvalue weighted by Crippen LogP contribution is 2.23. The maximum atomic E-state index is 5.55. The fourth-order valence-electron chi connectivity index (χ4n) is 2.37. The van der Waals surface area contributed by atoms with E-state index >= 15 is 0 Å². The van der Waals surface area contributed by atoms with Crippen LogP contribution >= 0.6 is 0 Å². The molecule has 2 nitrogen and oxygen atoms in total. The van der Waals surface area contributed by atoms with Crippen LogP contribution < -0.4 is 11.1 Å². The highest BCUT2D eigenvalue weighted by molar-refractivity contribution is 5.34. The van der Waals surface area contributed by atoms with E-state index in [1.54, 1.807) is 0 Å². The summed E-state index contributed by atoms with van der Waals surface area (Å²) in [6.45, 7) is 5.35. The molecule has 1 saturated heterocycles. The van der Waals surface area contributed by atoms with E-state index in [-0.39, 0.29) is 0 Å². The smallest absolute Gasteiger partial charge is 0.00887 e. The molecular weight excluding hydrogens is 208 g/mol. The van der Waals surface area contributed by atoms with Gasteiger partial charge in [0.05, 0.1) is 0 Å². The first-order valence-electron chi connectivity index (χ1n) is 6.87. The normalized spacial score (nSPS) is 15.9. The first kappa shape index (κ1) is 12.6. The van der Waals surface area contributed by atoms with E-state index in [1.165, 1.54) is 29.5 Å². The third-order valence-corrected chi connectivity index (χ3v) is 3.66. The molecule has 0 amide bonds. The van der Waals surface area contributed by atoms with E-state index in [1.807, 2.05) is 0 Å². The van der Waals surface area contributed by atoms with Gasteiger partial charge < -0.3 is 11.1 Å². The molecule has 1 aromatic rings. The van der Waals surface area contributed by atoms with Gasteiger partial charge >= 0.3 is 0 Å². The Balaban J connectivity index is 2.07. The Hall–Kier alpha value is -0.860. The molecule has 0 saturated carbocycles. The molecule has 0 aliphatic carbocycles. The zero-order valence-corrected chi connectivity index (χ0v) is 10.8. The molecule has 1 aliphatic heterocycles. The Labute approximate surface area is 105 Å². The predicted molar refractivity (Wildman–Crippen MR) is 73.4 cm³/mol. The number of unbranched alkanes of at least 4 members (excludes halogenated alkanes) is 1. The number of nitrogens with one attached hydrogen (secondary N) is 1. The molecule has 1 aliphatic rings. The van der Waals surface area contributed by atoms with Crippen molar-refractivity contribution in [1.82, 2.24) is 5.32 Å². The molecule has 0 unspecified atom stereocenters. The standard InChI is InChI=1S/C15H24N2/c1-2-12-7-13(5-3-4-6-16)9-14(8-12)15-10-17-11-15/h7-9,15,17H,2-6,10-11,16H2,1H3. The van der Waals surface area contributed by atoms with Crippen molar-refractivity contribution >= 4 is 0 Å². The molecule has 17 heavy (non-hydrogen) atoms. The predicted octanol–water partition coefficient (Wildman–Crippen LogP) is 2.22. The van der Waals surface area contributed by atoms with Gasteiger partial charge in [0.15, 0.2) is 0 Å². The molecule has 2 rings (SSSR count). The largest absolute Gasteiger partial charge is 0.330 e. The molecule has 0 radical (unpaired) electrons. The maximum Gasteiger partial charge on any atom is 0.00887 e. The van der Waals surface area contributed by atoms with E-state index in [0.717, 1.165) is 38.4 Å². The first-order valence-corrected chi connectivity index (χ1v) is 6.87. The average molecular weight is 232 g/mol. The minimum absolute atomic E-state index is 0.745. The lowest BCUT2D eigenvalue weighted by molar-refractivity contribution is 0.448. The fourth-order valence-corrected chi connectivity index (χ4v) is 2.37. The summed E-state index contributed by atoms with van der Waals surface area (Å²) in [5.74, 6) is 0.745. The molecule has 0 bridgehead atoms. The van der Waals surface area contributed by atoms with Crippen molar-refractivity contribution in [2.75, 3.05) is 19.6 Å². The van der Waals surface area contributed by atoms with E-state index in [4.69, 9.17) is 5.73 Å². The maximum absolute atomic E-state index is 5.55. The Morgan fingerprint density at radius 3 is 2.53 bits per heavy atom. The number of nitrogens with two attached hydrogens (primary N) is 1. The molecule has 1 aromatic carbocycles. The van der Waals surface area contributed by atoms with Gasteiger partial charge in [0.1, 0.15) is 0 Å². The summed E-state index contributed by atoms with van der Waals surface area (Å²) in [7, 11) is 0. The number of benzene rings is 1. The zero-order chi connectivity index (χ0) is 12.1. The second-order valence-corrected chi connectivity index (χ2v) is 5.04. The topological polar surface area (TPSA) is 38.0 Å². The van der Waals surface area contributed by atoms with Gasteiger partial charge in [-0.15, -0.1) is 0 Å². The van der Waals surface area contributed by atoms with Gasteiger partial charge in [-0.1, -0.05) is 25.1 Å². The van der Waals surface area contributed by atoms with Gasteiger partial charge in [-0.3, -0.25) is 0 Å². The Morgan fingerprint density at radius 2 is 1.94 bits per heavy atom. The molecule has 2 heteroatoms. The number of aryl methyl sites for hydroxylation is 2. The van der Waals surface area contributed by atoms with Crippen LogP contribution in [0.15, 0.2) is 18.2 Å². The molecule has 1 heterocycles.